The van der Waals surface area contributed by atoms with E-state index in [9.17, 15) is 0 Å². The third-order valence-electron chi connectivity index (χ3n) is 5.42. The zero-order valence-electron chi connectivity index (χ0n) is 16.9. The number of rotatable bonds is 3. The molecule has 2 aliphatic heterocycles. The van der Waals surface area contributed by atoms with Crippen molar-refractivity contribution in [1.82, 2.24) is 5.32 Å². The molecule has 2 aromatic carbocycles. The van der Waals surface area contributed by atoms with Crippen molar-refractivity contribution in [3.63, 3.8) is 0 Å². The maximum absolute atomic E-state index is 6.24. The fourth-order valence-electron chi connectivity index (χ4n) is 4.18. The Balaban J connectivity index is 1.57. The summed E-state index contributed by atoms with van der Waals surface area (Å²) in [6.07, 6.45) is 2.36. The first-order chi connectivity index (χ1) is 14.0. The van der Waals surface area contributed by atoms with E-state index in [1.165, 1.54) is 16.2 Å². The van der Waals surface area contributed by atoms with Gasteiger partial charge in [0.2, 0.25) is 0 Å². The van der Waals surface area contributed by atoms with Gasteiger partial charge in [-0.1, -0.05) is 41.4 Å². The van der Waals surface area contributed by atoms with E-state index in [0.717, 1.165) is 37.6 Å². The molecule has 0 bridgehead atoms. The van der Waals surface area contributed by atoms with Crippen LogP contribution in [0.1, 0.15) is 19.4 Å². The van der Waals surface area contributed by atoms with Crippen LogP contribution in [-0.4, -0.2) is 44.0 Å². The van der Waals surface area contributed by atoms with Crippen LogP contribution in [0.2, 0.25) is 10.0 Å². The molecule has 0 aromatic heterocycles. The molecule has 2 atom stereocenters. The maximum Gasteiger partial charge on any atom is 0.0612 e. The van der Waals surface area contributed by atoms with Gasteiger partial charge in [0.25, 0.3) is 0 Å². The molecule has 1 N–H and O–H groups in total. The lowest BCUT2D eigenvalue weighted by atomic mass is 10.1. The third kappa shape index (κ3) is 5.05. The van der Waals surface area contributed by atoms with Crippen LogP contribution in [0, 0.1) is 0 Å². The molecule has 4 rings (SSSR count). The first kappa shape index (κ1) is 20.9. The third-order valence-corrected chi connectivity index (χ3v) is 7.16. The smallest absolute Gasteiger partial charge is 0.0612 e. The van der Waals surface area contributed by atoms with Crippen LogP contribution in [0.4, 0.5) is 11.4 Å². The number of benzene rings is 2. The van der Waals surface area contributed by atoms with Gasteiger partial charge in [-0.3, -0.25) is 0 Å². The molecule has 154 valence electrons. The Hall–Kier alpha value is -1.33. The Kier molecular flexibility index (Phi) is 6.65. The van der Waals surface area contributed by atoms with Crippen molar-refractivity contribution >= 4 is 52.4 Å². The quantitative estimate of drug-likeness (QED) is 0.642. The van der Waals surface area contributed by atoms with Crippen molar-refractivity contribution in [3.8, 4) is 0 Å². The van der Waals surface area contributed by atoms with Gasteiger partial charge in [0.1, 0.15) is 0 Å². The van der Waals surface area contributed by atoms with Gasteiger partial charge in [-0.25, -0.2) is 0 Å². The Morgan fingerprint density at radius 2 is 1.76 bits per heavy atom. The summed E-state index contributed by atoms with van der Waals surface area (Å²) in [5.41, 5.74) is 3.75. The Labute approximate surface area is 188 Å². The van der Waals surface area contributed by atoms with Gasteiger partial charge in [-0.05, 0) is 49.8 Å². The summed E-state index contributed by atoms with van der Waals surface area (Å²) < 4.78 is 0. The van der Waals surface area contributed by atoms with E-state index in [4.69, 9.17) is 23.2 Å². The van der Waals surface area contributed by atoms with Crippen molar-refractivity contribution < 1.29 is 0 Å². The molecule has 2 fully saturated rings. The van der Waals surface area contributed by atoms with Crippen LogP contribution in [0.25, 0.3) is 6.08 Å². The number of hydrogen-bond acceptors (Lipinski definition) is 4. The Bertz CT molecular complexity index is 891. The predicted octanol–water partition coefficient (Wildman–Crippen LogP) is 5.77. The van der Waals surface area contributed by atoms with E-state index in [1.54, 1.807) is 0 Å². The van der Waals surface area contributed by atoms with Gasteiger partial charge in [0, 0.05) is 60.3 Å². The predicted molar refractivity (Wildman–Crippen MR) is 130 cm³/mol. The Morgan fingerprint density at radius 3 is 2.52 bits per heavy atom. The van der Waals surface area contributed by atoms with E-state index < -0.39 is 0 Å². The molecule has 2 aliphatic rings. The average molecular weight is 448 g/mol. The fraction of sp³-hybridized carbons (Fsp3) is 0.391. The van der Waals surface area contributed by atoms with Crippen LogP contribution in [0.15, 0.2) is 47.4 Å². The fourth-order valence-corrected chi connectivity index (χ4v) is 5.51. The second-order valence-corrected chi connectivity index (χ2v) is 9.95. The normalized spacial score (nSPS) is 24.2. The minimum atomic E-state index is 0.494. The molecule has 2 saturated heterocycles. The molecule has 0 radical (unpaired) electrons. The highest BCUT2D eigenvalue weighted by atomic mass is 35.5. The standard InChI is InChI=1S/C23H27Cl2N3S/c1-16-13-28(14-17(2)26-16)23-6-4-3-5-18(23)11-20-15-27(9-10-29-20)19-7-8-21(24)22(25)12-19/h3-8,11-12,16-17,26H,9-10,13-15H2,1-2H3. The number of piperazine rings is 1. The monoisotopic (exact) mass is 447 g/mol. The molecule has 2 aromatic rings. The summed E-state index contributed by atoms with van der Waals surface area (Å²) in [7, 11) is 0. The lowest BCUT2D eigenvalue weighted by Crippen LogP contribution is -2.54. The zero-order chi connectivity index (χ0) is 20.4. The number of para-hydroxylation sites is 1. The molecule has 0 aliphatic carbocycles. The Morgan fingerprint density at radius 1 is 1.00 bits per heavy atom. The summed E-state index contributed by atoms with van der Waals surface area (Å²) in [6.45, 7) is 8.49. The average Bonchev–Trinajstić information content (AvgIpc) is 2.70. The maximum atomic E-state index is 6.24. The zero-order valence-corrected chi connectivity index (χ0v) is 19.2. The van der Waals surface area contributed by atoms with Crippen molar-refractivity contribution in [3.05, 3.63) is 63.0 Å². The molecule has 6 heteroatoms. The van der Waals surface area contributed by atoms with Crippen LogP contribution in [0.5, 0.6) is 0 Å². The van der Waals surface area contributed by atoms with Crippen LogP contribution in [0.3, 0.4) is 0 Å². The van der Waals surface area contributed by atoms with Gasteiger partial charge in [0.05, 0.1) is 10.0 Å². The van der Waals surface area contributed by atoms with E-state index in [0.29, 0.717) is 22.1 Å². The van der Waals surface area contributed by atoms with Crippen LogP contribution in [-0.2, 0) is 0 Å². The molecule has 0 saturated carbocycles. The minimum absolute atomic E-state index is 0.494. The summed E-state index contributed by atoms with van der Waals surface area (Å²) >= 11 is 14.3. The van der Waals surface area contributed by atoms with Crippen molar-refractivity contribution in [1.29, 1.82) is 0 Å². The first-order valence-corrected chi connectivity index (χ1v) is 11.9. The summed E-state index contributed by atoms with van der Waals surface area (Å²) in [5.74, 6) is 1.07. The molecular formula is C23H27Cl2N3S. The number of halogens is 2. The molecule has 3 nitrogen and oxygen atoms in total. The summed E-state index contributed by atoms with van der Waals surface area (Å²) in [5, 5.41) is 4.84. The van der Waals surface area contributed by atoms with E-state index in [2.05, 4.69) is 65.4 Å². The number of nitrogens with zero attached hydrogens (tertiary/aromatic N) is 2. The van der Waals surface area contributed by atoms with Crippen molar-refractivity contribution in [2.75, 3.05) is 41.7 Å². The first-order valence-electron chi connectivity index (χ1n) is 10.1. The number of nitrogens with one attached hydrogen (secondary N) is 1. The van der Waals surface area contributed by atoms with Crippen molar-refractivity contribution in [2.24, 2.45) is 0 Å². The minimum Gasteiger partial charge on any atom is -0.368 e. The van der Waals surface area contributed by atoms with E-state index >= 15 is 0 Å². The van der Waals surface area contributed by atoms with Crippen LogP contribution >= 0.6 is 35.0 Å². The molecular weight excluding hydrogens is 421 g/mol. The molecule has 2 heterocycles. The lowest BCUT2D eigenvalue weighted by molar-refractivity contribution is 0.407. The van der Waals surface area contributed by atoms with Gasteiger partial charge in [0.15, 0.2) is 0 Å². The van der Waals surface area contributed by atoms with E-state index in [-0.39, 0.29) is 0 Å². The second-order valence-electron chi connectivity index (χ2n) is 7.91. The van der Waals surface area contributed by atoms with Crippen molar-refractivity contribution in [2.45, 2.75) is 25.9 Å². The SMILES string of the molecule is CC1CN(c2ccccc2C=C2CN(c3ccc(Cl)c(Cl)c3)CCS2)CC(C)N1. The highest BCUT2D eigenvalue weighted by Crippen LogP contribution is 2.33. The van der Waals surface area contributed by atoms with Gasteiger partial charge >= 0.3 is 0 Å². The number of thioether (sulfide) groups is 1. The largest absolute Gasteiger partial charge is 0.368 e. The highest BCUT2D eigenvalue weighted by molar-refractivity contribution is 8.03. The molecule has 0 amide bonds. The van der Waals surface area contributed by atoms with Crippen LogP contribution < -0.4 is 15.1 Å². The summed E-state index contributed by atoms with van der Waals surface area (Å²) in [6, 6.07) is 15.7. The number of anilines is 2. The van der Waals surface area contributed by atoms with Gasteiger partial charge in [-0.15, -0.1) is 11.8 Å². The number of hydrogen-bond donors (Lipinski definition) is 1. The topological polar surface area (TPSA) is 18.5 Å². The summed E-state index contributed by atoms with van der Waals surface area (Å²) in [4.78, 5) is 6.27. The molecule has 0 spiro atoms. The van der Waals surface area contributed by atoms with E-state index in [1.807, 2.05) is 23.9 Å². The lowest BCUT2D eigenvalue weighted by Gasteiger charge is -2.38. The molecule has 2 unspecified atom stereocenters. The van der Waals surface area contributed by atoms with Gasteiger partial charge < -0.3 is 15.1 Å². The highest BCUT2D eigenvalue weighted by Gasteiger charge is 2.23. The van der Waals surface area contributed by atoms with Gasteiger partial charge in [-0.2, -0.15) is 0 Å². The second kappa shape index (κ2) is 9.22. The molecule has 29 heavy (non-hydrogen) atoms.